The SMILES string of the molecule is CC(C)=C(C)C(=O)CC[N+](C)(C)Cc1ccc2ccc3cccc4ccc1c2c34. The highest BCUT2D eigenvalue weighted by Gasteiger charge is 2.21. The van der Waals surface area contributed by atoms with Crippen LogP contribution in [0.2, 0.25) is 0 Å². The maximum absolute atomic E-state index is 12.5. The van der Waals surface area contributed by atoms with Gasteiger partial charge in [-0.05, 0) is 58.7 Å². The van der Waals surface area contributed by atoms with Gasteiger partial charge in [-0.25, -0.2) is 0 Å². The number of carbonyl (C=O) groups excluding carboxylic acids is 1. The van der Waals surface area contributed by atoms with Crippen molar-refractivity contribution in [3.63, 3.8) is 0 Å². The highest BCUT2D eigenvalue weighted by Crippen LogP contribution is 2.36. The molecule has 4 aromatic carbocycles. The molecule has 0 spiro atoms. The van der Waals surface area contributed by atoms with Gasteiger partial charge in [0.05, 0.1) is 27.1 Å². The molecule has 0 bridgehead atoms. The van der Waals surface area contributed by atoms with Gasteiger partial charge in [-0.2, -0.15) is 0 Å². The van der Waals surface area contributed by atoms with Crippen molar-refractivity contribution in [1.29, 1.82) is 0 Å². The molecule has 2 heteroatoms. The third kappa shape index (κ3) is 3.65. The summed E-state index contributed by atoms with van der Waals surface area (Å²) in [5.41, 5.74) is 3.38. The maximum atomic E-state index is 12.5. The van der Waals surface area contributed by atoms with E-state index >= 15 is 0 Å². The average Bonchev–Trinajstić information content (AvgIpc) is 2.70. The Kier molecular flexibility index (Phi) is 4.92. The van der Waals surface area contributed by atoms with Gasteiger partial charge in [0.25, 0.3) is 0 Å². The van der Waals surface area contributed by atoms with E-state index in [1.165, 1.54) is 37.9 Å². The van der Waals surface area contributed by atoms with Gasteiger partial charge in [0.15, 0.2) is 5.78 Å². The molecule has 0 atom stereocenters. The smallest absolute Gasteiger partial charge is 0.164 e. The molecule has 0 saturated carbocycles. The Hall–Kier alpha value is -2.71. The summed E-state index contributed by atoms with van der Waals surface area (Å²) in [6.07, 6.45) is 0.593. The number of Topliss-reactive ketones (excluding diaryl/α,β-unsaturated/α-hetero) is 1. The molecule has 0 saturated heterocycles. The Balaban J connectivity index is 1.69. The number of hydrogen-bond acceptors (Lipinski definition) is 1. The second-order valence-corrected chi connectivity index (χ2v) is 9.20. The molecule has 0 aliphatic rings. The van der Waals surface area contributed by atoms with Crippen LogP contribution in [0.4, 0.5) is 0 Å². The zero-order chi connectivity index (χ0) is 20.8. The van der Waals surface area contributed by atoms with E-state index in [0.717, 1.165) is 28.7 Å². The average molecular weight is 385 g/mol. The number of allylic oxidation sites excluding steroid dienone is 2. The van der Waals surface area contributed by atoms with Crippen LogP contribution in [-0.2, 0) is 11.3 Å². The minimum Gasteiger partial charge on any atom is -0.324 e. The molecule has 148 valence electrons. The summed E-state index contributed by atoms with van der Waals surface area (Å²) in [6, 6.07) is 20.0. The molecule has 0 fully saturated rings. The van der Waals surface area contributed by atoms with Crippen molar-refractivity contribution in [1.82, 2.24) is 0 Å². The van der Waals surface area contributed by atoms with Gasteiger partial charge in [-0.1, -0.05) is 60.2 Å². The maximum Gasteiger partial charge on any atom is 0.164 e. The molecule has 0 aliphatic carbocycles. The van der Waals surface area contributed by atoms with Crippen molar-refractivity contribution in [3.05, 3.63) is 71.3 Å². The summed E-state index contributed by atoms with van der Waals surface area (Å²) >= 11 is 0. The second-order valence-electron chi connectivity index (χ2n) is 9.20. The van der Waals surface area contributed by atoms with Crippen molar-refractivity contribution in [2.45, 2.75) is 33.7 Å². The largest absolute Gasteiger partial charge is 0.324 e. The first kappa shape index (κ1) is 19.6. The first-order valence-corrected chi connectivity index (χ1v) is 10.4. The van der Waals surface area contributed by atoms with E-state index in [9.17, 15) is 4.79 Å². The Labute approximate surface area is 173 Å². The first-order chi connectivity index (χ1) is 13.8. The van der Waals surface area contributed by atoms with Crippen molar-refractivity contribution in [3.8, 4) is 0 Å². The van der Waals surface area contributed by atoms with Crippen molar-refractivity contribution in [2.24, 2.45) is 0 Å². The van der Waals surface area contributed by atoms with Crippen LogP contribution in [0, 0.1) is 0 Å². The lowest BCUT2D eigenvalue weighted by Gasteiger charge is -2.30. The predicted octanol–water partition coefficient (Wildman–Crippen LogP) is 6.48. The summed E-state index contributed by atoms with van der Waals surface area (Å²) in [5.74, 6) is 0.270. The fourth-order valence-electron chi connectivity index (χ4n) is 4.34. The zero-order valence-electron chi connectivity index (χ0n) is 18.2. The van der Waals surface area contributed by atoms with Gasteiger partial charge in [-0.15, -0.1) is 0 Å². The molecule has 29 heavy (non-hydrogen) atoms. The molecule has 0 unspecified atom stereocenters. The summed E-state index contributed by atoms with van der Waals surface area (Å²) in [5, 5.41) is 7.97. The second kappa shape index (κ2) is 7.27. The van der Waals surface area contributed by atoms with E-state index in [1.54, 1.807) is 0 Å². The van der Waals surface area contributed by atoms with Crippen LogP contribution in [0.1, 0.15) is 32.8 Å². The molecule has 0 heterocycles. The van der Waals surface area contributed by atoms with Gasteiger partial charge in [0, 0.05) is 5.56 Å². The number of rotatable bonds is 6. The van der Waals surface area contributed by atoms with Crippen LogP contribution in [-0.4, -0.2) is 30.9 Å². The van der Waals surface area contributed by atoms with Crippen molar-refractivity contribution >= 4 is 38.1 Å². The lowest BCUT2D eigenvalue weighted by Crippen LogP contribution is -2.40. The van der Waals surface area contributed by atoms with E-state index in [2.05, 4.69) is 68.7 Å². The molecule has 4 rings (SSSR count). The quantitative estimate of drug-likeness (QED) is 0.211. The van der Waals surface area contributed by atoms with Crippen LogP contribution in [0.25, 0.3) is 32.3 Å². The predicted molar refractivity (Wildman–Crippen MR) is 124 cm³/mol. The lowest BCUT2D eigenvalue weighted by molar-refractivity contribution is -0.902. The molecule has 0 N–H and O–H groups in total. The summed E-state index contributed by atoms with van der Waals surface area (Å²) in [6.45, 7) is 7.72. The van der Waals surface area contributed by atoms with Gasteiger partial charge in [0.1, 0.15) is 6.54 Å². The van der Waals surface area contributed by atoms with Gasteiger partial charge >= 0.3 is 0 Å². The van der Waals surface area contributed by atoms with Crippen molar-refractivity contribution < 1.29 is 9.28 Å². The highest BCUT2D eigenvalue weighted by molar-refractivity contribution is 6.23. The number of hydrogen-bond donors (Lipinski definition) is 0. The Morgan fingerprint density at radius 1 is 0.793 bits per heavy atom. The molecular weight excluding hydrogens is 354 g/mol. The van der Waals surface area contributed by atoms with Crippen LogP contribution >= 0.6 is 0 Å². The number of benzene rings is 4. The van der Waals surface area contributed by atoms with Crippen molar-refractivity contribution in [2.75, 3.05) is 20.6 Å². The third-order valence-corrected chi connectivity index (χ3v) is 6.33. The lowest BCUT2D eigenvalue weighted by atomic mass is 9.91. The molecule has 0 radical (unpaired) electrons. The Morgan fingerprint density at radius 2 is 1.38 bits per heavy atom. The third-order valence-electron chi connectivity index (χ3n) is 6.33. The number of quaternary nitrogens is 1. The Morgan fingerprint density at radius 3 is 2.03 bits per heavy atom. The normalized spacial score (nSPS) is 12.2. The molecule has 0 amide bonds. The first-order valence-electron chi connectivity index (χ1n) is 10.4. The number of carbonyl (C=O) groups is 1. The van der Waals surface area contributed by atoms with E-state index in [1.807, 2.05) is 20.8 Å². The minimum atomic E-state index is 0.270. The summed E-state index contributed by atoms with van der Waals surface area (Å²) < 4.78 is 0.797. The fourth-order valence-corrected chi connectivity index (χ4v) is 4.34. The number of nitrogens with zero attached hydrogens (tertiary/aromatic N) is 1. The van der Waals surface area contributed by atoms with Crippen LogP contribution in [0.15, 0.2) is 65.7 Å². The molecule has 0 aliphatic heterocycles. The van der Waals surface area contributed by atoms with E-state index in [4.69, 9.17) is 0 Å². The van der Waals surface area contributed by atoms with Crippen LogP contribution in [0.5, 0.6) is 0 Å². The van der Waals surface area contributed by atoms with Gasteiger partial charge in [-0.3, -0.25) is 4.79 Å². The zero-order valence-corrected chi connectivity index (χ0v) is 18.2. The Bertz CT molecular complexity index is 1230. The fraction of sp³-hybridized carbons (Fsp3) is 0.296. The van der Waals surface area contributed by atoms with E-state index in [-0.39, 0.29) is 5.78 Å². The minimum absolute atomic E-state index is 0.270. The topological polar surface area (TPSA) is 17.1 Å². The molecular formula is C27H30NO+. The molecule has 2 nitrogen and oxygen atoms in total. The van der Waals surface area contributed by atoms with Gasteiger partial charge in [0.2, 0.25) is 0 Å². The van der Waals surface area contributed by atoms with Crippen LogP contribution < -0.4 is 0 Å². The van der Waals surface area contributed by atoms with E-state index in [0.29, 0.717) is 6.42 Å². The van der Waals surface area contributed by atoms with Crippen LogP contribution in [0.3, 0.4) is 0 Å². The van der Waals surface area contributed by atoms with E-state index < -0.39 is 0 Å². The highest BCUT2D eigenvalue weighted by atomic mass is 16.1. The molecule has 4 aromatic rings. The molecule has 0 aromatic heterocycles. The monoisotopic (exact) mass is 384 g/mol. The summed E-state index contributed by atoms with van der Waals surface area (Å²) in [4.78, 5) is 12.5. The van der Waals surface area contributed by atoms with Gasteiger partial charge < -0.3 is 4.48 Å². The summed E-state index contributed by atoms with van der Waals surface area (Å²) in [7, 11) is 4.45. The number of ketones is 1. The standard InChI is InChI=1S/C27H30NO/c1-18(2)19(3)25(29)15-16-28(4,5)17-23-12-11-22-10-9-20-7-6-8-21-13-14-24(23)27(22)26(20)21/h6-14H,15-17H2,1-5H3/q+1.